The van der Waals surface area contributed by atoms with Gasteiger partial charge in [-0.3, -0.25) is 14.0 Å². The van der Waals surface area contributed by atoms with E-state index in [-0.39, 0.29) is 29.8 Å². The van der Waals surface area contributed by atoms with Crippen molar-refractivity contribution in [3.05, 3.63) is 71.6 Å². The summed E-state index contributed by atoms with van der Waals surface area (Å²) < 4.78 is 15.4. The molecule has 1 aromatic carbocycles. The normalized spacial score (nSPS) is 10.8. The second-order valence-electron chi connectivity index (χ2n) is 5.99. The molecule has 27 heavy (non-hydrogen) atoms. The molecule has 2 amide bonds. The molecule has 0 bridgehead atoms. The summed E-state index contributed by atoms with van der Waals surface area (Å²) in [6.45, 7) is 4.91. The van der Waals surface area contributed by atoms with Crippen molar-refractivity contribution in [2.24, 2.45) is 0 Å². The van der Waals surface area contributed by atoms with E-state index in [1.165, 1.54) is 6.07 Å². The number of nitrogens with zero attached hydrogens (tertiary/aromatic N) is 3. The number of fused-ring (bicyclic) bond motifs is 1. The monoisotopic (exact) mass is 368 g/mol. The van der Waals surface area contributed by atoms with E-state index in [0.717, 1.165) is 0 Å². The molecule has 7 heteroatoms. The van der Waals surface area contributed by atoms with Crippen LogP contribution >= 0.6 is 0 Å². The van der Waals surface area contributed by atoms with Gasteiger partial charge < -0.3 is 10.2 Å². The topological polar surface area (TPSA) is 66.7 Å². The number of aromatic nitrogens is 2. The number of hydrogen-bond acceptors (Lipinski definition) is 3. The van der Waals surface area contributed by atoms with Crippen molar-refractivity contribution in [1.29, 1.82) is 0 Å². The minimum absolute atomic E-state index is 0.0384. The van der Waals surface area contributed by atoms with E-state index in [4.69, 9.17) is 0 Å². The fraction of sp³-hybridized carbons (Fsp3) is 0.250. The molecule has 2 heterocycles. The maximum Gasteiger partial charge on any atom is 0.290 e. The third-order valence-corrected chi connectivity index (χ3v) is 4.40. The molecule has 140 valence electrons. The van der Waals surface area contributed by atoms with E-state index in [1.54, 1.807) is 51.9 Å². The zero-order valence-corrected chi connectivity index (χ0v) is 15.3. The summed E-state index contributed by atoms with van der Waals surface area (Å²) in [5.41, 5.74) is 1.05. The molecule has 0 saturated heterocycles. The van der Waals surface area contributed by atoms with Crippen molar-refractivity contribution in [3.8, 4) is 0 Å². The molecule has 6 nitrogen and oxygen atoms in total. The lowest BCUT2D eigenvalue weighted by Gasteiger charge is -2.17. The highest BCUT2D eigenvalue weighted by Crippen LogP contribution is 2.15. The van der Waals surface area contributed by atoms with E-state index in [2.05, 4.69) is 10.3 Å². The molecule has 0 atom stereocenters. The lowest BCUT2D eigenvalue weighted by Crippen LogP contribution is -2.32. The Morgan fingerprint density at radius 2 is 1.81 bits per heavy atom. The molecule has 0 aliphatic rings. The van der Waals surface area contributed by atoms with Crippen LogP contribution < -0.4 is 5.32 Å². The van der Waals surface area contributed by atoms with Crippen molar-refractivity contribution in [1.82, 2.24) is 19.6 Å². The molecular formula is C20H21FN4O2. The lowest BCUT2D eigenvalue weighted by atomic mass is 10.2. The second-order valence-corrected chi connectivity index (χ2v) is 5.99. The number of nitrogens with one attached hydrogen (secondary N) is 1. The number of imidazole rings is 1. The summed E-state index contributed by atoms with van der Waals surface area (Å²) in [4.78, 5) is 31.3. The molecule has 0 aliphatic carbocycles. The number of amides is 2. The second kappa shape index (κ2) is 7.99. The quantitative estimate of drug-likeness (QED) is 0.728. The minimum atomic E-state index is -0.458. The average molecular weight is 368 g/mol. The first kappa shape index (κ1) is 18.6. The summed E-state index contributed by atoms with van der Waals surface area (Å²) in [5, 5.41) is 2.68. The van der Waals surface area contributed by atoms with Gasteiger partial charge in [0.15, 0.2) is 5.69 Å². The SMILES string of the molecule is CCN(CC)C(=O)c1nc(C(=O)NCc2ccccc2F)c2ccccn12. The predicted octanol–water partition coefficient (Wildman–Crippen LogP) is 2.89. The third kappa shape index (κ3) is 3.67. The van der Waals surface area contributed by atoms with Crippen LogP contribution in [0.4, 0.5) is 4.39 Å². The van der Waals surface area contributed by atoms with Crippen molar-refractivity contribution < 1.29 is 14.0 Å². The van der Waals surface area contributed by atoms with E-state index >= 15 is 0 Å². The molecule has 1 N–H and O–H groups in total. The Kier molecular flexibility index (Phi) is 5.49. The molecule has 0 unspecified atom stereocenters. The van der Waals surface area contributed by atoms with Crippen LogP contribution in [0.2, 0.25) is 0 Å². The number of carbonyl (C=O) groups excluding carboxylic acids is 2. The van der Waals surface area contributed by atoms with Gasteiger partial charge in [0.2, 0.25) is 5.82 Å². The Morgan fingerprint density at radius 1 is 1.11 bits per heavy atom. The number of benzene rings is 1. The maximum absolute atomic E-state index is 13.8. The first-order valence-electron chi connectivity index (χ1n) is 8.84. The first-order valence-corrected chi connectivity index (χ1v) is 8.84. The molecular weight excluding hydrogens is 347 g/mol. The van der Waals surface area contributed by atoms with Crippen molar-refractivity contribution in [2.45, 2.75) is 20.4 Å². The van der Waals surface area contributed by atoms with Gasteiger partial charge >= 0.3 is 0 Å². The van der Waals surface area contributed by atoms with Crippen molar-refractivity contribution in [2.75, 3.05) is 13.1 Å². The van der Waals surface area contributed by atoms with Gasteiger partial charge in [0.1, 0.15) is 5.82 Å². The number of halogens is 1. The van der Waals surface area contributed by atoms with Gasteiger partial charge in [0.05, 0.1) is 5.52 Å². The first-order chi connectivity index (χ1) is 13.1. The fourth-order valence-corrected chi connectivity index (χ4v) is 2.91. The Labute approximate surface area is 156 Å². The molecule has 0 aliphatic heterocycles. The summed E-state index contributed by atoms with van der Waals surface area (Å²) in [5.74, 6) is -0.898. The van der Waals surface area contributed by atoms with Gasteiger partial charge in [-0.1, -0.05) is 24.3 Å². The number of hydrogen-bond donors (Lipinski definition) is 1. The largest absolute Gasteiger partial charge is 0.346 e. The smallest absolute Gasteiger partial charge is 0.290 e. The highest BCUT2D eigenvalue weighted by atomic mass is 19.1. The van der Waals surface area contributed by atoms with Gasteiger partial charge in [0.25, 0.3) is 11.8 Å². The summed E-state index contributed by atoms with van der Waals surface area (Å²) in [7, 11) is 0. The minimum Gasteiger partial charge on any atom is -0.346 e. The van der Waals surface area contributed by atoms with Gasteiger partial charge in [-0.15, -0.1) is 0 Å². The van der Waals surface area contributed by atoms with Crippen LogP contribution in [0.1, 0.15) is 40.5 Å². The number of carbonyl (C=O) groups is 2. The lowest BCUT2D eigenvalue weighted by molar-refractivity contribution is 0.0760. The van der Waals surface area contributed by atoms with Crippen LogP contribution in [-0.4, -0.2) is 39.2 Å². The van der Waals surface area contributed by atoms with Crippen molar-refractivity contribution >= 4 is 17.3 Å². The van der Waals surface area contributed by atoms with E-state index in [0.29, 0.717) is 24.2 Å². The Morgan fingerprint density at radius 3 is 2.52 bits per heavy atom. The zero-order chi connectivity index (χ0) is 19.4. The highest BCUT2D eigenvalue weighted by Gasteiger charge is 2.23. The molecule has 0 radical (unpaired) electrons. The molecule has 0 saturated carbocycles. The van der Waals surface area contributed by atoms with Crippen LogP contribution in [-0.2, 0) is 6.54 Å². The van der Waals surface area contributed by atoms with Crippen LogP contribution in [0, 0.1) is 5.82 Å². The van der Waals surface area contributed by atoms with Crippen LogP contribution in [0.3, 0.4) is 0 Å². The zero-order valence-electron chi connectivity index (χ0n) is 15.3. The maximum atomic E-state index is 13.8. The van der Waals surface area contributed by atoms with Crippen LogP contribution in [0.5, 0.6) is 0 Å². The van der Waals surface area contributed by atoms with Gasteiger partial charge in [0, 0.05) is 31.4 Å². The summed E-state index contributed by atoms with van der Waals surface area (Å²) in [6.07, 6.45) is 1.70. The Balaban J connectivity index is 1.91. The van der Waals surface area contributed by atoms with Gasteiger partial charge in [-0.2, -0.15) is 0 Å². The molecule has 3 aromatic rings. The fourth-order valence-electron chi connectivity index (χ4n) is 2.91. The van der Waals surface area contributed by atoms with E-state index in [1.807, 2.05) is 13.8 Å². The molecule has 2 aromatic heterocycles. The molecule has 0 fully saturated rings. The van der Waals surface area contributed by atoms with E-state index in [9.17, 15) is 14.0 Å². The highest BCUT2D eigenvalue weighted by molar-refractivity contribution is 6.02. The Bertz CT molecular complexity index is 979. The van der Waals surface area contributed by atoms with Gasteiger partial charge in [-0.05, 0) is 32.0 Å². The number of rotatable bonds is 6. The average Bonchev–Trinajstić information content (AvgIpc) is 3.08. The van der Waals surface area contributed by atoms with Crippen LogP contribution in [0.25, 0.3) is 5.52 Å². The van der Waals surface area contributed by atoms with Crippen LogP contribution in [0.15, 0.2) is 48.7 Å². The third-order valence-electron chi connectivity index (χ3n) is 4.40. The van der Waals surface area contributed by atoms with Gasteiger partial charge in [-0.25, -0.2) is 9.37 Å². The number of pyridine rings is 1. The molecule has 0 spiro atoms. The summed E-state index contributed by atoms with van der Waals surface area (Å²) >= 11 is 0. The van der Waals surface area contributed by atoms with Crippen molar-refractivity contribution in [3.63, 3.8) is 0 Å². The Hall–Kier alpha value is -3.22. The summed E-state index contributed by atoms with van der Waals surface area (Å²) in [6, 6.07) is 11.5. The standard InChI is InChI=1S/C20H21FN4O2/c1-3-24(4-2)20(27)18-23-17(16-11-7-8-12-25(16)18)19(26)22-13-14-9-5-6-10-15(14)21/h5-12H,3-4,13H2,1-2H3,(H,22,26). The molecule has 3 rings (SSSR count). The predicted molar refractivity (Wildman–Crippen MR) is 100 cm³/mol. The van der Waals surface area contributed by atoms with E-state index < -0.39 is 5.91 Å².